The van der Waals surface area contributed by atoms with E-state index in [4.69, 9.17) is 27.9 Å². The zero-order chi connectivity index (χ0) is 18.2. The summed E-state index contributed by atoms with van der Waals surface area (Å²) in [5.41, 5.74) is 0.781. The molecule has 0 saturated carbocycles. The van der Waals surface area contributed by atoms with E-state index in [9.17, 15) is 8.42 Å². The molecule has 136 valence electrons. The lowest BCUT2D eigenvalue weighted by atomic mass is 10.1. The summed E-state index contributed by atoms with van der Waals surface area (Å²) in [6.07, 6.45) is 3.51. The van der Waals surface area contributed by atoms with Crippen LogP contribution in [0.1, 0.15) is 6.04 Å². The first-order valence-corrected chi connectivity index (χ1v) is 10.1. The Hall–Kier alpha value is -1.12. The van der Waals surface area contributed by atoms with Crippen molar-refractivity contribution in [3.05, 3.63) is 40.6 Å². The quantitative estimate of drug-likeness (QED) is 0.769. The Balaban J connectivity index is 1.93. The second kappa shape index (κ2) is 7.25. The third kappa shape index (κ3) is 4.01. The van der Waals surface area contributed by atoms with Crippen LogP contribution in [0.5, 0.6) is 0 Å². The van der Waals surface area contributed by atoms with Crippen LogP contribution in [-0.2, 0) is 14.8 Å². The molecule has 9 heteroatoms. The number of aromatic nitrogens is 2. The van der Waals surface area contributed by atoms with Gasteiger partial charge in [-0.15, -0.1) is 0 Å². The first-order chi connectivity index (χ1) is 11.8. The van der Waals surface area contributed by atoms with E-state index in [0.29, 0.717) is 29.1 Å². The van der Waals surface area contributed by atoms with Crippen molar-refractivity contribution in [2.75, 3.05) is 33.1 Å². The van der Waals surface area contributed by atoms with Gasteiger partial charge < -0.3 is 9.30 Å². The molecule has 1 fully saturated rings. The minimum Gasteiger partial charge on any atom is -0.379 e. The molecule has 3 rings (SSSR count). The number of rotatable bonds is 5. The summed E-state index contributed by atoms with van der Waals surface area (Å²) in [5.74, 6) is 0.556. The van der Waals surface area contributed by atoms with Crippen LogP contribution in [-0.4, -0.2) is 55.3 Å². The van der Waals surface area contributed by atoms with Gasteiger partial charge in [0, 0.05) is 48.0 Å². The lowest BCUT2D eigenvalue weighted by molar-refractivity contribution is 0.182. The highest BCUT2D eigenvalue weighted by molar-refractivity contribution is 7.89. The number of sulfonamides is 1. The van der Waals surface area contributed by atoms with E-state index in [1.165, 1.54) is 18.4 Å². The van der Waals surface area contributed by atoms with E-state index in [1.807, 2.05) is 10.8 Å². The van der Waals surface area contributed by atoms with Crippen molar-refractivity contribution in [3.63, 3.8) is 0 Å². The zero-order valence-corrected chi connectivity index (χ0v) is 16.2. The summed E-state index contributed by atoms with van der Waals surface area (Å²) in [4.78, 5) is 4.41. The molecule has 1 aliphatic rings. The van der Waals surface area contributed by atoms with Gasteiger partial charge in [-0.1, -0.05) is 23.2 Å². The Morgan fingerprint density at radius 3 is 2.56 bits per heavy atom. The molecule has 1 saturated heterocycles. The number of benzene rings is 1. The standard InChI is InChI=1S/C16H19Cl2N3O3S/c1-20(2)25(22,23)10-12-8-24-9-15(12)21-4-3-19-16(21)11-5-13(17)7-14(18)6-11/h3-7,12,15H,8-10H2,1-2H3/t12-,15-/m1/s1. The largest absolute Gasteiger partial charge is 0.379 e. The maximum absolute atomic E-state index is 12.3. The number of nitrogens with zero attached hydrogens (tertiary/aromatic N) is 3. The molecule has 0 aliphatic carbocycles. The molecule has 1 aliphatic heterocycles. The van der Waals surface area contributed by atoms with Gasteiger partial charge in [0.05, 0.1) is 25.0 Å². The third-order valence-electron chi connectivity index (χ3n) is 4.29. The number of hydrogen-bond acceptors (Lipinski definition) is 4. The monoisotopic (exact) mass is 403 g/mol. The van der Waals surface area contributed by atoms with E-state index < -0.39 is 10.0 Å². The molecule has 2 heterocycles. The van der Waals surface area contributed by atoms with Gasteiger partial charge >= 0.3 is 0 Å². The SMILES string of the molecule is CN(C)S(=O)(=O)C[C@H]1COC[C@H]1n1ccnc1-c1cc(Cl)cc(Cl)c1. The Morgan fingerprint density at radius 1 is 1.24 bits per heavy atom. The summed E-state index contributed by atoms with van der Waals surface area (Å²) >= 11 is 12.2. The number of halogens is 2. The van der Waals surface area contributed by atoms with Crippen LogP contribution < -0.4 is 0 Å². The fourth-order valence-electron chi connectivity index (χ4n) is 2.96. The topological polar surface area (TPSA) is 64.4 Å². The molecule has 0 radical (unpaired) electrons. The van der Waals surface area contributed by atoms with Gasteiger partial charge in [0.2, 0.25) is 10.0 Å². The molecule has 0 unspecified atom stereocenters. The molecular formula is C16H19Cl2N3O3S. The molecule has 0 N–H and O–H groups in total. The Labute approximate surface area is 157 Å². The van der Waals surface area contributed by atoms with Crippen molar-refractivity contribution >= 4 is 33.2 Å². The Kier molecular flexibility index (Phi) is 5.41. The Morgan fingerprint density at radius 2 is 1.92 bits per heavy atom. The molecule has 1 aromatic heterocycles. The zero-order valence-electron chi connectivity index (χ0n) is 13.9. The van der Waals surface area contributed by atoms with Gasteiger partial charge in [-0.25, -0.2) is 17.7 Å². The number of ether oxygens (including phenoxy) is 1. The molecular weight excluding hydrogens is 385 g/mol. The molecule has 0 amide bonds. The third-order valence-corrected chi connectivity index (χ3v) is 6.69. The highest BCUT2D eigenvalue weighted by Crippen LogP contribution is 2.33. The first kappa shape index (κ1) is 18.7. The second-order valence-corrected chi connectivity index (χ2v) is 9.34. The van der Waals surface area contributed by atoms with Gasteiger partial charge in [-0.3, -0.25) is 0 Å². The summed E-state index contributed by atoms with van der Waals surface area (Å²) < 4.78 is 33.3. The van der Waals surface area contributed by atoms with E-state index in [-0.39, 0.29) is 17.7 Å². The maximum atomic E-state index is 12.3. The van der Waals surface area contributed by atoms with Crippen molar-refractivity contribution in [3.8, 4) is 11.4 Å². The lowest BCUT2D eigenvalue weighted by Crippen LogP contribution is -2.32. The van der Waals surface area contributed by atoms with Gasteiger partial charge in [0.1, 0.15) is 5.82 Å². The van der Waals surface area contributed by atoms with Crippen LogP contribution in [0.2, 0.25) is 10.0 Å². The fourth-order valence-corrected chi connectivity index (χ4v) is 4.64. The fraction of sp³-hybridized carbons (Fsp3) is 0.438. The van der Waals surface area contributed by atoms with E-state index >= 15 is 0 Å². The van der Waals surface area contributed by atoms with Crippen molar-refractivity contribution < 1.29 is 13.2 Å². The Bertz CT molecular complexity index is 847. The van der Waals surface area contributed by atoms with E-state index in [0.717, 1.165) is 5.56 Å². The van der Waals surface area contributed by atoms with Crippen LogP contribution in [0.15, 0.2) is 30.6 Å². The highest BCUT2D eigenvalue weighted by atomic mass is 35.5. The van der Waals surface area contributed by atoms with Crippen LogP contribution in [0.25, 0.3) is 11.4 Å². The van der Waals surface area contributed by atoms with Gasteiger partial charge in [-0.2, -0.15) is 0 Å². The molecule has 6 nitrogen and oxygen atoms in total. The predicted octanol–water partition coefficient (Wildman–Crippen LogP) is 2.94. The highest BCUT2D eigenvalue weighted by Gasteiger charge is 2.35. The minimum atomic E-state index is -3.32. The molecule has 25 heavy (non-hydrogen) atoms. The summed E-state index contributed by atoms with van der Waals surface area (Å²) in [6, 6.07) is 5.11. The number of hydrogen-bond donors (Lipinski definition) is 0. The van der Waals surface area contributed by atoms with Gasteiger partial charge in [-0.05, 0) is 18.2 Å². The summed E-state index contributed by atoms with van der Waals surface area (Å²) in [7, 11) is -0.242. The van der Waals surface area contributed by atoms with Crippen LogP contribution >= 0.6 is 23.2 Å². The van der Waals surface area contributed by atoms with Crippen LogP contribution in [0, 0.1) is 5.92 Å². The van der Waals surface area contributed by atoms with Crippen LogP contribution in [0.3, 0.4) is 0 Å². The minimum absolute atomic E-state index is 0.0264. The molecule has 2 aromatic rings. The van der Waals surface area contributed by atoms with E-state index in [2.05, 4.69) is 4.98 Å². The van der Waals surface area contributed by atoms with Crippen molar-refractivity contribution in [1.82, 2.24) is 13.9 Å². The normalized spacial score (nSPS) is 21.2. The van der Waals surface area contributed by atoms with Gasteiger partial charge in [0.15, 0.2) is 0 Å². The predicted molar refractivity (Wildman–Crippen MR) is 98.5 cm³/mol. The lowest BCUT2D eigenvalue weighted by Gasteiger charge is -2.22. The summed E-state index contributed by atoms with van der Waals surface area (Å²) in [6.45, 7) is 0.830. The van der Waals surface area contributed by atoms with Crippen molar-refractivity contribution in [1.29, 1.82) is 0 Å². The average Bonchev–Trinajstić information content (AvgIpc) is 3.13. The van der Waals surface area contributed by atoms with Crippen molar-refractivity contribution in [2.24, 2.45) is 5.92 Å². The molecule has 0 spiro atoms. The van der Waals surface area contributed by atoms with Crippen LogP contribution in [0.4, 0.5) is 0 Å². The summed E-state index contributed by atoms with van der Waals surface area (Å²) in [5, 5.41) is 1.04. The maximum Gasteiger partial charge on any atom is 0.214 e. The molecule has 1 aromatic carbocycles. The average molecular weight is 404 g/mol. The second-order valence-electron chi connectivity index (χ2n) is 6.24. The number of imidazole rings is 1. The molecule has 0 bridgehead atoms. The smallest absolute Gasteiger partial charge is 0.214 e. The van der Waals surface area contributed by atoms with E-state index in [1.54, 1.807) is 24.4 Å². The molecule has 2 atom stereocenters. The first-order valence-electron chi connectivity index (χ1n) is 7.75. The van der Waals surface area contributed by atoms with Crippen molar-refractivity contribution in [2.45, 2.75) is 6.04 Å². The van der Waals surface area contributed by atoms with Gasteiger partial charge in [0.25, 0.3) is 0 Å².